The zero-order valence-corrected chi connectivity index (χ0v) is 13.5. The van der Waals surface area contributed by atoms with Crippen LogP contribution in [0.5, 0.6) is 0 Å². The molecule has 1 N–H and O–H groups in total. The highest BCUT2D eigenvalue weighted by atomic mass is 16.4. The van der Waals surface area contributed by atoms with Crippen LogP contribution in [-0.4, -0.2) is 45.3 Å². The van der Waals surface area contributed by atoms with Gasteiger partial charge in [-0.15, -0.1) is 0 Å². The van der Waals surface area contributed by atoms with Gasteiger partial charge in [-0.25, -0.2) is 0 Å². The third kappa shape index (κ3) is 4.31. The van der Waals surface area contributed by atoms with Crippen LogP contribution < -0.4 is 0 Å². The van der Waals surface area contributed by atoms with Crippen molar-refractivity contribution in [3.05, 3.63) is 17.5 Å². The molecule has 0 aliphatic rings. The molecule has 0 aliphatic heterocycles. The second-order valence-electron chi connectivity index (χ2n) is 6.17. The van der Waals surface area contributed by atoms with E-state index in [1.54, 1.807) is 18.1 Å². The van der Waals surface area contributed by atoms with Crippen LogP contribution in [0.3, 0.4) is 0 Å². The van der Waals surface area contributed by atoms with E-state index >= 15 is 0 Å². The third-order valence-corrected chi connectivity index (χ3v) is 3.30. The monoisotopic (exact) mass is 295 g/mol. The van der Waals surface area contributed by atoms with Gasteiger partial charge in [0.1, 0.15) is 0 Å². The molecule has 1 aromatic rings. The molecule has 0 saturated carbocycles. The van der Waals surface area contributed by atoms with E-state index in [1.165, 1.54) is 0 Å². The van der Waals surface area contributed by atoms with E-state index < -0.39 is 5.97 Å². The molecule has 0 fully saturated rings. The number of amides is 1. The molecule has 0 aliphatic carbocycles. The molecule has 0 aromatic carbocycles. The van der Waals surface area contributed by atoms with Crippen molar-refractivity contribution in [3.63, 3.8) is 0 Å². The highest BCUT2D eigenvalue weighted by Gasteiger charge is 2.24. The SMILES string of the molecule is CCc1c(C(=O)N(C)CCCC(=O)O)cnn1C(C)(C)C. The average molecular weight is 295 g/mol. The first-order chi connectivity index (χ1) is 9.68. The molecule has 1 amide bonds. The fourth-order valence-corrected chi connectivity index (χ4v) is 2.25. The average Bonchev–Trinajstić information content (AvgIpc) is 2.80. The lowest BCUT2D eigenvalue weighted by Crippen LogP contribution is -2.30. The van der Waals surface area contributed by atoms with Crippen LogP contribution in [0.15, 0.2) is 6.20 Å². The van der Waals surface area contributed by atoms with Gasteiger partial charge in [0.2, 0.25) is 0 Å². The minimum absolute atomic E-state index is 0.0690. The second-order valence-corrected chi connectivity index (χ2v) is 6.17. The molecule has 0 saturated heterocycles. The highest BCUT2D eigenvalue weighted by Crippen LogP contribution is 2.20. The van der Waals surface area contributed by atoms with Gasteiger partial charge in [0.05, 0.1) is 23.0 Å². The van der Waals surface area contributed by atoms with E-state index in [0.717, 1.165) is 12.1 Å². The lowest BCUT2D eigenvalue weighted by atomic mass is 10.1. The molecule has 0 radical (unpaired) electrons. The summed E-state index contributed by atoms with van der Waals surface area (Å²) in [7, 11) is 1.69. The third-order valence-electron chi connectivity index (χ3n) is 3.30. The molecule has 0 unspecified atom stereocenters. The number of aromatic nitrogens is 2. The van der Waals surface area contributed by atoms with E-state index in [0.29, 0.717) is 18.5 Å². The summed E-state index contributed by atoms with van der Waals surface area (Å²) >= 11 is 0. The second kappa shape index (κ2) is 6.74. The zero-order chi connectivity index (χ0) is 16.2. The van der Waals surface area contributed by atoms with Gasteiger partial charge in [-0.05, 0) is 33.6 Å². The maximum Gasteiger partial charge on any atom is 0.303 e. The lowest BCUT2D eigenvalue weighted by molar-refractivity contribution is -0.137. The van der Waals surface area contributed by atoms with Gasteiger partial charge in [0.15, 0.2) is 0 Å². The van der Waals surface area contributed by atoms with E-state index in [1.807, 2.05) is 32.4 Å². The minimum atomic E-state index is -0.842. The maximum atomic E-state index is 12.5. The van der Waals surface area contributed by atoms with Gasteiger partial charge in [0, 0.05) is 20.0 Å². The van der Waals surface area contributed by atoms with Crippen molar-refractivity contribution in [2.45, 2.75) is 52.5 Å². The summed E-state index contributed by atoms with van der Waals surface area (Å²) in [4.78, 5) is 24.5. The Morgan fingerprint density at radius 3 is 2.48 bits per heavy atom. The van der Waals surface area contributed by atoms with Crippen LogP contribution in [0.4, 0.5) is 0 Å². The first kappa shape index (κ1) is 17.2. The van der Waals surface area contributed by atoms with Gasteiger partial charge in [-0.3, -0.25) is 14.3 Å². The topological polar surface area (TPSA) is 75.4 Å². The fourth-order valence-electron chi connectivity index (χ4n) is 2.25. The molecule has 0 spiro atoms. The van der Waals surface area contributed by atoms with Crippen LogP contribution in [-0.2, 0) is 16.8 Å². The van der Waals surface area contributed by atoms with E-state index in [-0.39, 0.29) is 17.9 Å². The Bertz CT molecular complexity index is 515. The number of carboxylic acid groups (broad SMARTS) is 1. The van der Waals surface area contributed by atoms with Crippen molar-refractivity contribution in [1.82, 2.24) is 14.7 Å². The largest absolute Gasteiger partial charge is 0.481 e. The molecule has 1 rings (SSSR count). The summed E-state index contributed by atoms with van der Waals surface area (Å²) in [6.07, 6.45) is 2.85. The molecule has 6 nitrogen and oxygen atoms in total. The molecule has 0 atom stereocenters. The molecule has 0 bridgehead atoms. The Kier molecular flexibility index (Phi) is 5.52. The zero-order valence-electron chi connectivity index (χ0n) is 13.5. The summed E-state index contributed by atoms with van der Waals surface area (Å²) in [5.41, 5.74) is 1.34. The number of carbonyl (C=O) groups is 2. The standard InChI is InChI=1S/C15H25N3O3/c1-6-12-11(10-16-18(12)15(2,3)4)14(21)17(5)9-7-8-13(19)20/h10H,6-9H2,1-5H3,(H,19,20). The summed E-state index contributed by atoms with van der Waals surface area (Å²) in [6, 6.07) is 0. The highest BCUT2D eigenvalue weighted by molar-refractivity contribution is 5.95. The first-order valence-corrected chi connectivity index (χ1v) is 7.23. The van der Waals surface area contributed by atoms with Crippen molar-refractivity contribution < 1.29 is 14.7 Å². The van der Waals surface area contributed by atoms with Crippen molar-refractivity contribution in [3.8, 4) is 0 Å². The van der Waals surface area contributed by atoms with Gasteiger partial charge < -0.3 is 10.0 Å². The predicted octanol–water partition coefficient (Wildman–Crippen LogP) is 2.14. The number of carboxylic acids is 1. The number of aliphatic carboxylic acids is 1. The summed E-state index contributed by atoms with van der Waals surface area (Å²) in [5, 5.41) is 13.0. The number of nitrogens with zero attached hydrogens (tertiary/aromatic N) is 3. The smallest absolute Gasteiger partial charge is 0.303 e. The number of hydrogen-bond donors (Lipinski definition) is 1. The Morgan fingerprint density at radius 1 is 1.38 bits per heavy atom. The quantitative estimate of drug-likeness (QED) is 0.872. The summed E-state index contributed by atoms with van der Waals surface area (Å²) in [5.74, 6) is -0.946. The molecule has 1 heterocycles. The number of rotatable bonds is 6. The van der Waals surface area contributed by atoms with Gasteiger partial charge in [-0.2, -0.15) is 5.10 Å². The molecule has 118 valence electrons. The van der Waals surface area contributed by atoms with Crippen LogP contribution >= 0.6 is 0 Å². The normalized spacial score (nSPS) is 11.5. The summed E-state index contributed by atoms with van der Waals surface area (Å²) in [6.45, 7) is 8.56. The van der Waals surface area contributed by atoms with Crippen molar-refractivity contribution >= 4 is 11.9 Å². The predicted molar refractivity (Wildman–Crippen MR) is 80.4 cm³/mol. The molecule has 21 heavy (non-hydrogen) atoms. The number of hydrogen-bond acceptors (Lipinski definition) is 3. The maximum absolute atomic E-state index is 12.5. The van der Waals surface area contributed by atoms with Gasteiger partial charge >= 0.3 is 5.97 Å². The Morgan fingerprint density at radius 2 is 2.00 bits per heavy atom. The molecular formula is C15H25N3O3. The van der Waals surface area contributed by atoms with E-state index in [4.69, 9.17) is 5.11 Å². The minimum Gasteiger partial charge on any atom is -0.481 e. The Balaban J connectivity index is 2.87. The van der Waals surface area contributed by atoms with Crippen LogP contribution in [0.1, 0.15) is 56.6 Å². The van der Waals surface area contributed by atoms with Crippen molar-refractivity contribution in [1.29, 1.82) is 0 Å². The first-order valence-electron chi connectivity index (χ1n) is 7.23. The van der Waals surface area contributed by atoms with E-state index in [2.05, 4.69) is 5.10 Å². The number of carbonyl (C=O) groups excluding carboxylic acids is 1. The van der Waals surface area contributed by atoms with Crippen LogP contribution in [0, 0.1) is 0 Å². The Hall–Kier alpha value is -1.85. The van der Waals surface area contributed by atoms with Gasteiger partial charge in [0.25, 0.3) is 5.91 Å². The Labute approximate surface area is 125 Å². The van der Waals surface area contributed by atoms with Gasteiger partial charge in [-0.1, -0.05) is 6.92 Å². The van der Waals surface area contributed by atoms with Crippen molar-refractivity contribution in [2.75, 3.05) is 13.6 Å². The van der Waals surface area contributed by atoms with Crippen LogP contribution in [0.25, 0.3) is 0 Å². The molecule has 1 aromatic heterocycles. The molecule has 6 heteroatoms. The lowest BCUT2D eigenvalue weighted by Gasteiger charge is -2.23. The van der Waals surface area contributed by atoms with E-state index in [9.17, 15) is 9.59 Å². The molecular weight excluding hydrogens is 270 g/mol. The fraction of sp³-hybridized carbons (Fsp3) is 0.667. The summed E-state index contributed by atoms with van der Waals surface area (Å²) < 4.78 is 1.88. The van der Waals surface area contributed by atoms with Crippen LogP contribution in [0.2, 0.25) is 0 Å². The van der Waals surface area contributed by atoms with Crippen molar-refractivity contribution in [2.24, 2.45) is 0 Å².